The van der Waals surface area contributed by atoms with Crippen molar-refractivity contribution in [1.29, 1.82) is 0 Å². The molecule has 0 aliphatic rings. The molecule has 2 rings (SSSR count). The van der Waals surface area contributed by atoms with Gasteiger partial charge in [0, 0.05) is 0 Å². The van der Waals surface area contributed by atoms with Crippen LogP contribution in [-0.4, -0.2) is 14.6 Å². The number of benzene rings is 1. The summed E-state index contributed by atoms with van der Waals surface area (Å²) in [6.45, 7) is 1.95. The molecule has 94 valence electrons. The van der Waals surface area contributed by atoms with E-state index in [0.717, 1.165) is 10.4 Å². The van der Waals surface area contributed by atoms with Crippen LogP contribution < -0.4 is 4.83 Å². The first kappa shape index (κ1) is 12.8. The van der Waals surface area contributed by atoms with Gasteiger partial charge in [-0.05, 0) is 36.1 Å². The van der Waals surface area contributed by atoms with Crippen LogP contribution in [0.2, 0.25) is 0 Å². The standard InChI is InChI=1S/C12H12N2O2S2/c1-10-7-8-17-12(10)9-13-14-18(15,16)11-5-3-2-4-6-11/h2-9,14H,1H3. The number of rotatable bonds is 4. The van der Waals surface area contributed by atoms with Gasteiger partial charge in [-0.3, -0.25) is 0 Å². The van der Waals surface area contributed by atoms with Crippen LogP contribution in [0.5, 0.6) is 0 Å². The highest BCUT2D eigenvalue weighted by Gasteiger charge is 2.11. The van der Waals surface area contributed by atoms with Crippen LogP contribution in [0.4, 0.5) is 0 Å². The third-order valence-corrected chi connectivity index (χ3v) is 4.50. The van der Waals surface area contributed by atoms with Crippen molar-refractivity contribution in [2.24, 2.45) is 5.10 Å². The van der Waals surface area contributed by atoms with Crippen LogP contribution >= 0.6 is 11.3 Å². The summed E-state index contributed by atoms with van der Waals surface area (Å²) >= 11 is 1.51. The summed E-state index contributed by atoms with van der Waals surface area (Å²) in [6.07, 6.45) is 1.51. The number of aryl methyl sites for hydroxylation is 1. The van der Waals surface area contributed by atoms with Crippen LogP contribution in [0.25, 0.3) is 0 Å². The van der Waals surface area contributed by atoms with Gasteiger partial charge in [0.2, 0.25) is 0 Å². The molecule has 0 saturated carbocycles. The highest BCUT2D eigenvalue weighted by Crippen LogP contribution is 2.12. The van der Waals surface area contributed by atoms with Crippen molar-refractivity contribution < 1.29 is 8.42 Å². The van der Waals surface area contributed by atoms with Gasteiger partial charge >= 0.3 is 0 Å². The number of hydrogen-bond donors (Lipinski definition) is 1. The van der Waals surface area contributed by atoms with Crippen molar-refractivity contribution in [3.8, 4) is 0 Å². The number of thiophene rings is 1. The zero-order chi connectivity index (χ0) is 13.0. The Morgan fingerprint density at radius 2 is 1.94 bits per heavy atom. The quantitative estimate of drug-likeness (QED) is 0.690. The maximum Gasteiger partial charge on any atom is 0.276 e. The van der Waals surface area contributed by atoms with Gasteiger partial charge in [0.05, 0.1) is 16.0 Å². The summed E-state index contributed by atoms with van der Waals surface area (Å²) in [7, 11) is -3.57. The van der Waals surface area contributed by atoms with E-state index in [0.29, 0.717) is 0 Å². The van der Waals surface area contributed by atoms with Gasteiger partial charge in [-0.25, -0.2) is 4.83 Å². The topological polar surface area (TPSA) is 58.5 Å². The Labute approximate surface area is 110 Å². The molecule has 1 aromatic carbocycles. The van der Waals surface area contributed by atoms with Gasteiger partial charge in [0.1, 0.15) is 0 Å². The molecule has 1 N–H and O–H groups in total. The van der Waals surface area contributed by atoms with E-state index in [2.05, 4.69) is 9.93 Å². The Morgan fingerprint density at radius 1 is 1.22 bits per heavy atom. The minimum atomic E-state index is -3.57. The third-order valence-electron chi connectivity index (χ3n) is 2.31. The molecular weight excluding hydrogens is 268 g/mol. The molecule has 6 heteroatoms. The van der Waals surface area contributed by atoms with E-state index < -0.39 is 10.0 Å². The summed E-state index contributed by atoms with van der Waals surface area (Å²) in [5.41, 5.74) is 1.07. The first-order valence-electron chi connectivity index (χ1n) is 5.23. The lowest BCUT2D eigenvalue weighted by molar-refractivity contribution is 0.584. The number of hydrazone groups is 1. The predicted octanol–water partition coefficient (Wildman–Crippen LogP) is 2.37. The van der Waals surface area contributed by atoms with Crippen LogP contribution in [0.3, 0.4) is 0 Å². The average molecular weight is 280 g/mol. The molecule has 0 fully saturated rings. The fourth-order valence-corrected chi connectivity index (χ4v) is 2.92. The molecule has 0 saturated heterocycles. The number of sulfonamides is 1. The van der Waals surface area contributed by atoms with Crippen LogP contribution in [0.1, 0.15) is 10.4 Å². The highest BCUT2D eigenvalue weighted by molar-refractivity contribution is 7.89. The molecule has 2 aromatic rings. The molecule has 0 unspecified atom stereocenters. The summed E-state index contributed by atoms with van der Waals surface area (Å²) in [6, 6.07) is 10.1. The lowest BCUT2D eigenvalue weighted by Gasteiger charge is -2.01. The van der Waals surface area contributed by atoms with E-state index in [4.69, 9.17) is 0 Å². The second kappa shape index (κ2) is 5.32. The minimum Gasteiger partial charge on any atom is -0.200 e. The summed E-state index contributed by atoms with van der Waals surface area (Å²) in [5.74, 6) is 0. The Kier molecular flexibility index (Phi) is 3.78. The highest BCUT2D eigenvalue weighted by atomic mass is 32.2. The van der Waals surface area contributed by atoms with Crippen molar-refractivity contribution in [3.05, 3.63) is 52.2 Å². The third kappa shape index (κ3) is 2.96. The normalized spacial score (nSPS) is 11.8. The molecule has 0 amide bonds. The first-order chi connectivity index (χ1) is 8.59. The lowest BCUT2D eigenvalue weighted by Crippen LogP contribution is -2.18. The molecule has 1 aromatic heterocycles. The monoisotopic (exact) mass is 280 g/mol. The number of hydrogen-bond acceptors (Lipinski definition) is 4. The molecule has 0 radical (unpaired) electrons. The smallest absolute Gasteiger partial charge is 0.200 e. The summed E-state index contributed by atoms with van der Waals surface area (Å²) in [4.78, 5) is 3.32. The van der Waals surface area contributed by atoms with Crippen molar-refractivity contribution >= 4 is 27.6 Å². The van der Waals surface area contributed by atoms with Crippen molar-refractivity contribution in [1.82, 2.24) is 4.83 Å². The van der Waals surface area contributed by atoms with Gasteiger partial charge in [-0.2, -0.15) is 13.5 Å². The SMILES string of the molecule is Cc1ccsc1C=NNS(=O)(=O)c1ccccc1. The van der Waals surface area contributed by atoms with E-state index >= 15 is 0 Å². The second-order valence-electron chi connectivity index (χ2n) is 3.63. The fourth-order valence-electron chi connectivity index (χ4n) is 1.32. The van der Waals surface area contributed by atoms with E-state index in [1.165, 1.54) is 29.7 Å². The van der Waals surface area contributed by atoms with Gasteiger partial charge in [-0.1, -0.05) is 18.2 Å². The van der Waals surface area contributed by atoms with E-state index in [-0.39, 0.29) is 4.90 Å². The molecule has 4 nitrogen and oxygen atoms in total. The zero-order valence-corrected chi connectivity index (χ0v) is 11.3. The molecule has 0 spiro atoms. The van der Waals surface area contributed by atoms with Crippen LogP contribution in [0.15, 0.2) is 51.8 Å². The first-order valence-corrected chi connectivity index (χ1v) is 7.60. The average Bonchev–Trinajstić information content (AvgIpc) is 2.76. The maximum absolute atomic E-state index is 11.8. The number of nitrogens with one attached hydrogen (secondary N) is 1. The molecule has 0 atom stereocenters. The molecule has 0 aliphatic carbocycles. The van der Waals surface area contributed by atoms with Crippen LogP contribution in [0, 0.1) is 6.92 Å². The second-order valence-corrected chi connectivity index (χ2v) is 6.24. The van der Waals surface area contributed by atoms with E-state index in [9.17, 15) is 8.42 Å². The van der Waals surface area contributed by atoms with Crippen molar-refractivity contribution in [3.63, 3.8) is 0 Å². The van der Waals surface area contributed by atoms with Gasteiger partial charge in [0.15, 0.2) is 0 Å². The lowest BCUT2D eigenvalue weighted by atomic mass is 10.3. The summed E-state index contributed by atoms with van der Waals surface area (Å²) in [5, 5.41) is 5.70. The van der Waals surface area contributed by atoms with Gasteiger partial charge in [-0.15, -0.1) is 11.3 Å². The Morgan fingerprint density at radius 3 is 2.56 bits per heavy atom. The van der Waals surface area contributed by atoms with Crippen LogP contribution in [-0.2, 0) is 10.0 Å². The Balaban J connectivity index is 2.11. The van der Waals surface area contributed by atoms with Gasteiger partial charge < -0.3 is 0 Å². The number of nitrogens with zero attached hydrogens (tertiary/aromatic N) is 1. The Hall–Kier alpha value is -1.66. The fraction of sp³-hybridized carbons (Fsp3) is 0.0833. The molecular formula is C12H12N2O2S2. The van der Waals surface area contributed by atoms with Gasteiger partial charge in [0.25, 0.3) is 10.0 Å². The minimum absolute atomic E-state index is 0.199. The molecule has 1 heterocycles. The largest absolute Gasteiger partial charge is 0.276 e. The van der Waals surface area contributed by atoms with Crippen molar-refractivity contribution in [2.45, 2.75) is 11.8 Å². The molecule has 18 heavy (non-hydrogen) atoms. The predicted molar refractivity (Wildman–Crippen MR) is 73.4 cm³/mol. The Bertz CT molecular complexity index is 646. The molecule has 0 aliphatic heterocycles. The van der Waals surface area contributed by atoms with Crippen molar-refractivity contribution in [2.75, 3.05) is 0 Å². The zero-order valence-electron chi connectivity index (χ0n) is 9.70. The summed E-state index contributed by atoms with van der Waals surface area (Å²) < 4.78 is 23.6. The maximum atomic E-state index is 11.8. The van der Waals surface area contributed by atoms with E-state index in [1.807, 2.05) is 18.4 Å². The van der Waals surface area contributed by atoms with E-state index in [1.54, 1.807) is 18.2 Å². The molecule has 0 bridgehead atoms.